The molecule has 16 heavy (non-hydrogen) atoms. The van der Waals surface area contributed by atoms with Crippen molar-refractivity contribution in [1.82, 2.24) is 9.71 Å². The molecular weight excluding hydrogens is 232 g/mol. The third-order valence-corrected chi connectivity index (χ3v) is 3.50. The van der Waals surface area contributed by atoms with E-state index in [1.54, 1.807) is 6.92 Å². The van der Waals surface area contributed by atoms with Crippen molar-refractivity contribution in [2.24, 2.45) is 0 Å². The lowest BCUT2D eigenvalue weighted by atomic mass is 10.3. The molecule has 0 saturated heterocycles. The zero-order chi connectivity index (χ0) is 12.2. The maximum absolute atomic E-state index is 11.6. The Morgan fingerprint density at radius 1 is 1.56 bits per heavy atom. The summed E-state index contributed by atoms with van der Waals surface area (Å²) in [6, 6.07) is 1.13. The summed E-state index contributed by atoms with van der Waals surface area (Å²) in [5, 5.41) is 9.22. The highest BCUT2D eigenvalue weighted by atomic mass is 32.2. The molecule has 0 aromatic carbocycles. The summed E-state index contributed by atoms with van der Waals surface area (Å²) in [7, 11) is -3.85. The summed E-state index contributed by atoms with van der Waals surface area (Å²) >= 11 is 0. The number of aromatic amines is 1. The lowest BCUT2D eigenvalue weighted by molar-refractivity contribution is 0.174. The van der Waals surface area contributed by atoms with E-state index in [2.05, 4.69) is 9.71 Å². The zero-order valence-corrected chi connectivity index (χ0v) is 9.62. The topological polar surface area (TPSA) is 99.3 Å². The van der Waals surface area contributed by atoms with Crippen LogP contribution in [0.2, 0.25) is 0 Å². The number of rotatable bonds is 5. The van der Waals surface area contributed by atoms with Crippen molar-refractivity contribution in [3.63, 3.8) is 0 Å². The van der Waals surface area contributed by atoms with E-state index >= 15 is 0 Å². The molecule has 1 rings (SSSR count). The maximum atomic E-state index is 11.6. The molecule has 0 aliphatic carbocycles. The molecule has 90 valence electrons. The van der Waals surface area contributed by atoms with Crippen LogP contribution >= 0.6 is 0 Å². The van der Waals surface area contributed by atoms with Crippen LogP contribution in [0.3, 0.4) is 0 Å². The molecule has 0 aliphatic rings. The van der Waals surface area contributed by atoms with E-state index in [0.29, 0.717) is 6.42 Å². The van der Waals surface area contributed by atoms with Gasteiger partial charge in [0.05, 0.1) is 6.10 Å². The zero-order valence-electron chi connectivity index (χ0n) is 8.80. The van der Waals surface area contributed by atoms with Crippen molar-refractivity contribution in [1.29, 1.82) is 0 Å². The van der Waals surface area contributed by atoms with Crippen molar-refractivity contribution >= 4 is 10.0 Å². The first-order valence-corrected chi connectivity index (χ1v) is 6.30. The number of nitrogens with one attached hydrogen (secondary N) is 2. The van der Waals surface area contributed by atoms with E-state index in [9.17, 15) is 18.3 Å². The van der Waals surface area contributed by atoms with Crippen molar-refractivity contribution in [2.75, 3.05) is 6.54 Å². The minimum atomic E-state index is -3.85. The first kappa shape index (κ1) is 12.9. The smallest absolute Gasteiger partial charge is 0.246 e. The van der Waals surface area contributed by atoms with Gasteiger partial charge >= 0.3 is 0 Å². The van der Waals surface area contributed by atoms with E-state index in [-0.39, 0.29) is 11.4 Å². The van der Waals surface area contributed by atoms with Crippen LogP contribution < -0.4 is 10.2 Å². The lowest BCUT2D eigenvalue weighted by Gasteiger charge is -2.09. The monoisotopic (exact) mass is 246 g/mol. The highest BCUT2D eigenvalue weighted by molar-refractivity contribution is 7.89. The molecule has 0 bridgehead atoms. The number of hydrogen-bond donors (Lipinski definition) is 3. The van der Waals surface area contributed by atoms with Crippen LogP contribution in [-0.4, -0.2) is 31.2 Å². The van der Waals surface area contributed by atoms with Crippen molar-refractivity contribution in [2.45, 2.75) is 24.3 Å². The number of hydrogen-bond acceptors (Lipinski definition) is 4. The van der Waals surface area contributed by atoms with Gasteiger partial charge in [-0.05, 0) is 6.42 Å². The van der Waals surface area contributed by atoms with Crippen LogP contribution in [0, 0.1) is 0 Å². The van der Waals surface area contributed by atoms with Crippen LogP contribution in [-0.2, 0) is 10.0 Å². The third-order valence-electron chi connectivity index (χ3n) is 2.06. The second-order valence-corrected chi connectivity index (χ2v) is 5.02. The first-order valence-electron chi connectivity index (χ1n) is 4.82. The SMILES string of the molecule is CCC(O)CNS(=O)(=O)c1c[nH]ccc1=O. The number of H-pyrrole nitrogens is 1. The average Bonchev–Trinajstić information content (AvgIpc) is 2.26. The Hall–Kier alpha value is -1.18. The normalized spacial score (nSPS) is 13.6. The number of pyridine rings is 1. The van der Waals surface area contributed by atoms with Crippen molar-refractivity contribution < 1.29 is 13.5 Å². The van der Waals surface area contributed by atoms with Crippen LogP contribution in [0.4, 0.5) is 0 Å². The van der Waals surface area contributed by atoms with Gasteiger partial charge in [-0.1, -0.05) is 6.92 Å². The Labute approximate surface area is 93.4 Å². The molecule has 1 aromatic heterocycles. The number of aliphatic hydroxyl groups excluding tert-OH is 1. The Kier molecular flexibility index (Phi) is 4.22. The number of sulfonamides is 1. The Bertz CT molecular complexity index is 494. The molecule has 1 aromatic rings. The highest BCUT2D eigenvalue weighted by Gasteiger charge is 2.18. The van der Waals surface area contributed by atoms with Gasteiger partial charge in [-0.2, -0.15) is 0 Å². The van der Waals surface area contributed by atoms with Crippen LogP contribution in [0.25, 0.3) is 0 Å². The maximum Gasteiger partial charge on any atom is 0.246 e. The van der Waals surface area contributed by atoms with E-state index in [1.165, 1.54) is 6.20 Å². The number of aliphatic hydroxyl groups is 1. The summed E-state index contributed by atoms with van der Waals surface area (Å²) in [4.78, 5) is 13.5. The van der Waals surface area contributed by atoms with Crippen LogP contribution in [0.1, 0.15) is 13.3 Å². The molecule has 6 nitrogen and oxygen atoms in total. The lowest BCUT2D eigenvalue weighted by Crippen LogP contribution is -2.34. The fourth-order valence-corrected chi connectivity index (χ4v) is 2.16. The van der Waals surface area contributed by atoms with Gasteiger partial charge in [-0.25, -0.2) is 13.1 Å². The third kappa shape index (κ3) is 3.16. The Morgan fingerprint density at radius 3 is 2.81 bits per heavy atom. The number of aromatic nitrogens is 1. The van der Waals surface area contributed by atoms with Gasteiger partial charge in [0, 0.05) is 25.0 Å². The van der Waals surface area contributed by atoms with Gasteiger partial charge in [-0.15, -0.1) is 0 Å². The van der Waals surface area contributed by atoms with E-state index in [4.69, 9.17) is 0 Å². The van der Waals surface area contributed by atoms with Gasteiger partial charge in [0.25, 0.3) is 0 Å². The summed E-state index contributed by atoms with van der Waals surface area (Å²) in [6.07, 6.45) is 2.15. The van der Waals surface area contributed by atoms with Crippen molar-refractivity contribution in [3.05, 3.63) is 28.7 Å². The minimum Gasteiger partial charge on any atom is -0.392 e. The van der Waals surface area contributed by atoms with Gasteiger partial charge in [0.1, 0.15) is 4.90 Å². The largest absolute Gasteiger partial charge is 0.392 e. The summed E-state index contributed by atoms with van der Waals surface area (Å²) in [6.45, 7) is 1.63. The second-order valence-electron chi connectivity index (χ2n) is 3.29. The molecule has 1 unspecified atom stereocenters. The van der Waals surface area contributed by atoms with Gasteiger partial charge in [-0.3, -0.25) is 4.79 Å². The summed E-state index contributed by atoms with van der Waals surface area (Å²) in [5.74, 6) is 0. The molecule has 0 spiro atoms. The van der Waals surface area contributed by atoms with Gasteiger partial charge in [0.15, 0.2) is 0 Å². The quantitative estimate of drug-likeness (QED) is 0.647. The molecule has 0 fully saturated rings. The van der Waals surface area contributed by atoms with Crippen LogP contribution in [0.5, 0.6) is 0 Å². The van der Waals surface area contributed by atoms with Gasteiger partial charge < -0.3 is 10.1 Å². The highest BCUT2D eigenvalue weighted by Crippen LogP contribution is 2.00. The van der Waals surface area contributed by atoms with E-state index in [1.807, 2.05) is 0 Å². The summed E-state index contributed by atoms with van der Waals surface area (Å²) < 4.78 is 25.4. The standard InChI is InChI=1S/C9H14N2O4S/c1-2-7(12)5-11-16(14,15)9-6-10-4-3-8(9)13/h3-4,6-7,11-12H,2,5H2,1H3,(H,10,13). The predicted molar refractivity (Wildman–Crippen MR) is 58.5 cm³/mol. The molecule has 0 amide bonds. The molecule has 0 aliphatic heterocycles. The molecule has 0 radical (unpaired) electrons. The van der Waals surface area contributed by atoms with Gasteiger partial charge in [0.2, 0.25) is 15.5 Å². The fraction of sp³-hybridized carbons (Fsp3) is 0.444. The minimum absolute atomic E-state index is 0.104. The van der Waals surface area contributed by atoms with Crippen molar-refractivity contribution in [3.8, 4) is 0 Å². The molecule has 7 heteroatoms. The van der Waals surface area contributed by atoms with E-state index in [0.717, 1.165) is 12.3 Å². The van der Waals surface area contributed by atoms with Crippen LogP contribution in [0.15, 0.2) is 28.2 Å². The molecule has 3 N–H and O–H groups in total. The molecular formula is C9H14N2O4S. The summed E-state index contributed by atoms with van der Waals surface area (Å²) in [5.41, 5.74) is -0.586. The Morgan fingerprint density at radius 2 is 2.25 bits per heavy atom. The average molecular weight is 246 g/mol. The Balaban J connectivity index is 2.87. The molecule has 1 atom stereocenters. The molecule has 1 heterocycles. The fourth-order valence-electron chi connectivity index (χ4n) is 1.04. The molecule has 0 saturated carbocycles. The predicted octanol–water partition coefficient (Wildman–Crippen LogP) is -0.576. The first-order chi connectivity index (χ1) is 7.47. The van der Waals surface area contributed by atoms with E-state index < -0.39 is 21.6 Å². The second kappa shape index (κ2) is 5.24.